The number of halogens is 2. The van der Waals surface area contributed by atoms with Gasteiger partial charge in [0.2, 0.25) is 0 Å². The van der Waals surface area contributed by atoms with Crippen LogP contribution in [0.2, 0.25) is 10.0 Å². The van der Waals surface area contributed by atoms with Crippen molar-refractivity contribution >= 4 is 23.2 Å². The highest BCUT2D eigenvalue weighted by Crippen LogP contribution is 2.33. The van der Waals surface area contributed by atoms with Crippen molar-refractivity contribution in [3.8, 4) is 0 Å². The highest BCUT2D eigenvalue weighted by atomic mass is 35.5. The van der Waals surface area contributed by atoms with E-state index in [4.69, 9.17) is 23.2 Å². The van der Waals surface area contributed by atoms with E-state index in [1.54, 1.807) is 0 Å². The van der Waals surface area contributed by atoms with Crippen LogP contribution in [-0.2, 0) is 0 Å². The lowest BCUT2D eigenvalue weighted by Crippen LogP contribution is -2.17. The molecule has 0 amide bonds. The van der Waals surface area contributed by atoms with E-state index >= 15 is 0 Å². The zero-order valence-corrected chi connectivity index (χ0v) is 11.2. The van der Waals surface area contributed by atoms with Gasteiger partial charge in [-0.25, -0.2) is 0 Å². The molecule has 0 fully saturated rings. The lowest BCUT2D eigenvalue weighted by molar-refractivity contribution is 0.583. The average Bonchev–Trinajstić information content (AvgIpc) is 2.27. The molecule has 0 bridgehead atoms. The van der Waals surface area contributed by atoms with Crippen LogP contribution in [-0.4, -0.2) is 7.05 Å². The topological polar surface area (TPSA) is 12.0 Å². The molecule has 0 aromatic heterocycles. The minimum Gasteiger partial charge on any atom is -0.313 e. The number of nitrogens with one attached hydrogen (secondary N) is 1. The molecule has 1 atom stereocenters. The van der Waals surface area contributed by atoms with E-state index in [1.807, 2.05) is 25.2 Å². The van der Waals surface area contributed by atoms with Crippen LogP contribution in [0.25, 0.3) is 0 Å². The van der Waals surface area contributed by atoms with Crippen LogP contribution in [0.3, 0.4) is 0 Å². The maximum Gasteiger partial charge on any atom is 0.0468 e. The Balaban J connectivity index is 2.99. The van der Waals surface area contributed by atoms with Crippen LogP contribution in [0.5, 0.6) is 0 Å². The molecular formula is C13H17Cl2N. The third-order valence-electron chi connectivity index (χ3n) is 2.69. The van der Waals surface area contributed by atoms with Gasteiger partial charge in [0.15, 0.2) is 0 Å². The Hall–Kier alpha value is -0.500. The molecule has 0 aliphatic carbocycles. The monoisotopic (exact) mass is 257 g/mol. The van der Waals surface area contributed by atoms with Crippen molar-refractivity contribution < 1.29 is 0 Å². The van der Waals surface area contributed by atoms with Crippen LogP contribution in [0.4, 0.5) is 0 Å². The molecule has 88 valence electrons. The van der Waals surface area contributed by atoms with E-state index < -0.39 is 0 Å². The minimum atomic E-state index is 0.133. The summed E-state index contributed by atoms with van der Waals surface area (Å²) in [7, 11) is 1.91. The van der Waals surface area contributed by atoms with Crippen molar-refractivity contribution in [1.29, 1.82) is 0 Å². The first-order chi connectivity index (χ1) is 7.60. The molecule has 16 heavy (non-hydrogen) atoms. The summed E-state index contributed by atoms with van der Waals surface area (Å²) in [5.74, 6) is 0. The van der Waals surface area contributed by atoms with Gasteiger partial charge in [-0.1, -0.05) is 48.3 Å². The van der Waals surface area contributed by atoms with Gasteiger partial charge in [-0.05, 0) is 32.0 Å². The Morgan fingerprint density at radius 3 is 2.38 bits per heavy atom. The van der Waals surface area contributed by atoms with Crippen LogP contribution in [0.1, 0.15) is 31.4 Å². The predicted octanol–water partition coefficient (Wildman–Crippen LogP) is 4.61. The van der Waals surface area contributed by atoms with Crippen molar-refractivity contribution in [3.63, 3.8) is 0 Å². The van der Waals surface area contributed by atoms with Gasteiger partial charge in [0.1, 0.15) is 0 Å². The van der Waals surface area contributed by atoms with Crippen LogP contribution >= 0.6 is 23.2 Å². The van der Waals surface area contributed by atoms with Crippen molar-refractivity contribution in [3.05, 3.63) is 46.0 Å². The average molecular weight is 258 g/mol. The van der Waals surface area contributed by atoms with E-state index in [2.05, 4.69) is 18.8 Å². The van der Waals surface area contributed by atoms with Gasteiger partial charge in [-0.2, -0.15) is 0 Å². The minimum absolute atomic E-state index is 0.133. The highest BCUT2D eigenvalue weighted by Gasteiger charge is 2.16. The Morgan fingerprint density at radius 1 is 1.38 bits per heavy atom. The molecule has 0 spiro atoms. The quantitative estimate of drug-likeness (QED) is 0.760. The Bertz CT molecular complexity index is 354. The van der Waals surface area contributed by atoms with Gasteiger partial charge in [-0.15, -0.1) is 0 Å². The molecule has 0 saturated heterocycles. The maximum atomic E-state index is 6.18. The summed E-state index contributed by atoms with van der Waals surface area (Å²) in [6.45, 7) is 6.12. The third kappa shape index (κ3) is 3.24. The third-order valence-corrected chi connectivity index (χ3v) is 3.35. The van der Waals surface area contributed by atoms with Gasteiger partial charge in [-0.3, -0.25) is 0 Å². The molecule has 0 saturated carbocycles. The summed E-state index contributed by atoms with van der Waals surface area (Å²) in [5, 5.41) is 4.64. The van der Waals surface area contributed by atoms with Gasteiger partial charge in [0.05, 0.1) is 0 Å². The molecule has 0 aliphatic heterocycles. The zero-order chi connectivity index (χ0) is 12.1. The summed E-state index contributed by atoms with van der Waals surface area (Å²) < 4.78 is 0. The normalized spacial score (nSPS) is 12.5. The van der Waals surface area contributed by atoms with Gasteiger partial charge >= 0.3 is 0 Å². The SMILES string of the molecule is C=C(CC)CC(NC)c1c(Cl)cccc1Cl. The molecule has 1 aromatic rings. The molecule has 0 radical (unpaired) electrons. The van der Waals surface area contributed by atoms with Crippen LogP contribution in [0.15, 0.2) is 30.4 Å². The summed E-state index contributed by atoms with van der Waals surface area (Å²) in [6.07, 6.45) is 1.83. The van der Waals surface area contributed by atoms with Crippen LogP contribution in [0, 0.1) is 0 Å². The fourth-order valence-corrected chi connectivity index (χ4v) is 2.29. The first-order valence-corrected chi connectivity index (χ1v) is 6.13. The highest BCUT2D eigenvalue weighted by molar-refractivity contribution is 6.36. The molecule has 0 heterocycles. The lowest BCUT2D eigenvalue weighted by atomic mass is 9.98. The van der Waals surface area contributed by atoms with Crippen molar-refractivity contribution in [2.45, 2.75) is 25.8 Å². The first-order valence-electron chi connectivity index (χ1n) is 5.38. The van der Waals surface area contributed by atoms with E-state index in [0.717, 1.165) is 18.4 Å². The van der Waals surface area contributed by atoms with Crippen molar-refractivity contribution in [2.75, 3.05) is 7.05 Å². The van der Waals surface area contributed by atoms with Gasteiger partial charge < -0.3 is 5.32 Å². The molecule has 1 rings (SSSR count). The number of rotatable bonds is 5. The van der Waals surface area contributed by atoms with E-state index in [9.17, 15) is 0 Å². The standard InChI is InChI=1S/C13H17Cl2N/c1-4-9(2)8-12(16-3)13-10(14)6-5-7-11(13)15/h5-7,12,16H,2,4,8H2,1,3H3. The van der Waals surface area contributed by atoms with Crippen molar-refractivity contribution in [1.82, 2.24) is 5.32 Å². The second-order valence-electron chi connectivity index (χ2n) is 3.78. The molecule has 1 N–H and O–H groups in total. The number of benzene rings is 1. The van der Waals surface area contributed by atoms with Gasteiger partial charge in [0, 0.05) is 21.7 Å². The second-order valence-corrected chi connectivity index (χ2v) is 4.60. The molecule has 3 heteroatoms. The van der Waals surface area contributed by atoms with Crippen molar-refractivity contribution in [2.24, 2.45) is 0 Å². The fourth-order valence-electron chi connectivity index (χ4n) is 1.63. The summed E-state index contributed by atoms with van der Waals surface area (Å²) >= 11 is 12.4. The molecule has 1 aromatic carbocycles. The largest absolute Gasteiger partial charge is 0.313 e. The second kappa shape index (κ2) is 6.29. The Labute approximate surface area is 107 Å². The maximum absolute atomic E-state index is 6.18. The lowest BCUT2D eigenvalue weighted by Gasteiger charge is -2.20. The van der Waals surface area contributed by atoms with E-state index in [0.29, 0.717) is 10.0 Å². The van der Waals surface area contributed by atoms with E-state index in [1.165, 1.54) is 5.57 Å². The summed E-state index contributed by atoms with van der Waals surface area (Å²) in [4.78, 5) is 0. The number of hydrogen-bond donors (Lipinski definition) is 1. The molecule has 1 nitrogen and oxygen atoms in total. The Morgan fingerprint density at radius 2 is 1.94 bits per heavy atom. The van der Waals surface area contributed by atoms with Crippen LogP contribution < -0.4 is 5.32 Å². The molecule has 1 unspecified atom stereocenters. The smallest absolute Gasteiger partial charge is 0.0468 e. The molecular weight excluding hydrogens is 241 g/mol. The predicted molar refractivity (Wildman–Crippen MR) is 72.3 cm³/mol. The van der Waals surface area contributed by atoms with E-state index in [-0.39, 0.29) is 6.04 Å². The van der Waals surface area contributed by atoms with Gasteiger partial charge in [0.25, 0.3) is 0 Å². The fraction of sp³-hybridized carbons (Fsp3) is 0.385. The number of hydrogen-bond acceptors (Lipinski definition) is 1. The summed E-state index contributed by atoms with van der Waals surface area (Å²) in [6, 6.07) is 5.72. The molecule has 0 aliphatic rings. The first kappa shape index (κ1) is 13.6. The Kier molecular flexibility index (Phi) is 5.33. The zero-order valence-electron chi connectivity index (χ0n) is 9.69. The summed E-state index contributed by atoms with van der Waals surface area (Å²) in [5.41, 5.74) is 2.15.